The van der Waals surface area contributed by atoms with Crippen molar-refractivity contribution in [2.75, 3.05) is 0 Å². The third kappa shape index (κ3) is 9.03. The van der Waals surface area contributed by atoms with Gasteiger partial charge < -0.3 is 5.11 Å². The predicted molar refractivity (Wildman–Crippen MR) is 17.9 cm³/mol. The molecule has 0 aliphatic heterocycles. The van der Waals surface area contributed by atoms with E-state index >= 15 is 0 Å². The van der Waals surface area contributed by atoms with Crippen molar-refractivity contribution in [1.29, 1.82) is 0 Å². The van der Waals surface area contributed by atoms with Crippen LogP contribution < -0.4 is 0 Å². The number of carboxylic acids is 1. The molecule has 0 rings (SSSR count). The summed E-state index contributed by atoms with van der Waals surface area (Å²) in [6.07, 6.45) is 0.222. The molecule has 0 atom stereocenters. The zero-order valence-electron chi connectivity index (χ0n) is 3.38. The van der Waals surface area contributed by atoms with E-state index in [-0.39, 0.29) is 22.9 Å². The first kappa shape index (κ1) is 9.35. The van der Waals surface area contributed by atoms with Crippen LogP contribution in [-0.2, 0) is 21.3 Å². The topological polar surface area (TPSA) is 37.3 Å². The molecule has 0 aromatic heterocycles. The summed E-state index contributed by atoms with van der Waals surface area (Å²) in [6.45, 7) is 1.60. The first-order valence-electron chi connectivity index (χ1n) is 1.49. The first-order chi connectivity index (χ1) is 2.27. The van der Waals surface area contributed by atoms with Crippen LogP contribution in [0.4, 0.5) is 0 Å². The van der Waals surface area contributed by atoms with Crippen molar-refractivity contribution in [3.8, 4) is 0 Å². The minimum absolute atomic E-state index is 0. The van der Waals surface area contributed by atoms with Gasteiger partial charge in [0.2, 0.25) is 0 Å². The Bertz CT molecular complexity index is 44.1. The molecule has 0 saturated carbocycles. The van der Waals surface area contributed by atoms with Gasteiger partial charge in [-0.2, -0.15) is 0 Å². The van der Waals surface area contributed by atoms with Crippen LogP contribution >= 0.6 is 0 Å². The number of hydrogen-bond donors (Lipinski definition) is 1. The summed E-state index contributed by atoms with van der Waals surface area (Å²) in [7, 11) is 0. The molecule has 0 aromatic rings. The summed E-state index contributed by atoms with van der Waals surface area (Å²) in [5.74, 6) is -0.745. The van der Waals surface area contributed by atoms with Gasteiger partial charge in [-0.25, -0.2) is 0 Å². The third-order valence-electron chi connectivity index (χ3n) is 0.302. The Morgan fingerprint density at radius 2 is 2.00 bits per heavy atom. The zero-order valence-corrected chi connectivity index (χ0v) is 4.37. The van der Waals surface area contributed by atoms with E-state index in [2.05, 4.69) is 0 Å². The first-order valence-corrected chi connectivity index (χ1v) is 1.49. The van der Waals surface area contributed by atoms with Gasteiger partial charge in [-0.1, -0.05) is 6.92 Å². The van der Waals surface area contributed by atoms with Crippen molar-refractivity contribution in [2.24, 2.45) is 0 Å². The van der Waals surface area contributed by atoms with Crippen molar-refractivity contribution in [1.82, 2.24) is 0 Å². The number of rotatable bonds is 1. The van der Waals surface area contributed by atoms with E-state index in [9.17, 15) is 4.79 Å². The molecule has 0 amide bonds. The average molecular weight is 133 g/mol. The van der Waals surface area contributed by atoms with Crippen LogP contribution in [0.3, 0.4) is 0 Å². The van der Waals surface area contributed by atoms with Crippen molar-refractivity contribution >= 4 is 5.97 Å². The Labute approximate surface area is 46.5 Å². The fraction of sp³-hybridized carbons (Fsp3) is 0.667. The summed E-state index contributed by atoms with van der Waals surface area (Å²) in [5.41, 5.74) is 0. The number of aliphatic carboxylic acids is 1. The molecule has 0 saturated heterocycles. The molecule has 6 heavy (non-hydrogen) atoms. The van der Waals surface area contributed by atoms with E-state index in [4.69, 9.17) is 5.11 Å². The molecule has 0 radical (unpaired) electrons. The Kier molecular flexibility index (Phi) is 7.74. The van der Waals surface area contributed by atoms with Crippen LogP contribution in [0.15, 0.2) is 0 Å². The molecular weight excluding hydrogens is 127 g/mol. The van der Waals surface area contributed by atoms with Gasteiger partial charge in [0.05, 0.1) is 0 Å². The van der Waals surface area contributed by atoms with Gasteiger partial charge in [0.15, 0.2) is 0 Å². The van der Waals surface area contributed by atoms with E-state index in [1.807, 2.05) is 0 Å². The minimum atomic E-state index is -0.745. The molecule has 0 heterocycles. The molecule has 0 unspecified atom stereocenters. The predicted octanol–water partition coefficient (Wildman–Crippen LogP) is 0.478. The maximum Gasteiger partial charge on any atom is 0.303 e. The van der Waals surface area contributed by atoms with Crippen LogP contribution in [0.5, 0.6) is 0 Å². The summed E-state index contributed by atoms with van der Waals surface area (Å²) in [5, 5.41) is 7.72. The maximum absolute atomic E-state index is 9.37. The molecule has 0 fully saturated rings. The van der Waals surface area contributed by atoms with Crippen molar-refractivity contribution in [3.05, 3.63) is 0 Å². The van der Waals surface area contributed by atoms with Gasteiger partial charge in [-0.05, 0) is 0 Å². The SMILES string of the molecule is CCC(=O)O.[Ni]. The normalized spacial score (nSPS) is 6.17. The smallest absolute Gasteiger partial charge is 0.303 e. The summed E-state index contributed by atoms with van der Waals surface area (Å²) >= 11 is 0. The Balaban J connectivity index is 0. The van der Waals surface area contributed by atoms with Gasteiger partial charge >= 0.3 is 5.97 Å². The van der Waals surface area contributed by atoms with Crippen LogP contribution in [0.1, 0.15) is 13.3 Å². The summed E-state index contributed by atoms with van der Waals surface area (Å²) < 4.78 is 0. The van der Waals surface area contributed by atoms with Gasteiger partial charge in [-0.15, -0.1) is 0 Å². The van der Waals surface area contributed by atoms with Crippen LogP contribution in [0.25, 0.3) is 0 Å². The second-order valence-corrected chi connectivity index (χ2v) is 0.747. The second kappa shape index (κ2) is 4.96. The Morgan fingerprint density at radius 3 is 2.00 bits per heavy atom. The van der Waals surface area contributed by atoms with Crippen molar-refractivity contribution in [2.45, 2.75) is 13.3 Å². The van der Waals surface area contributed by atoms with Crippen LogP contribution in [-0.4, -0.2) is 11.1 Å². The minimum Gasteiger partial charge on any atom is -0.481 e. The standard InChI is InChI=1S/C3H6O2.Ni/c1-2-3(4)5;/h2H2,1H3,(H,4,5);. The Hall–Kier alpha value is -0.0365. The second-order valence-electron chi connectivity index (χ2n) is 0.747. The molecule has 1 N–H and O–H groups in total. The molecule has 0 bridgehead atoms. The van der Waals surface area contributed by atoms with E-state index in [1.165, 1.54) is 0 Å². The molecule has 0 aliphatic rings. The van der Waals surface area contributed by atoms with Crippen molar-refractivity contribution < 1.29 is 26.4 Å². The van der Waals surface area contributed by atoms with E-state index in [1.54, 1.807) is 6.92 Å². The van der Waals surface area contributed by atoms with E-state index in [0.29, 0.717) is 0 Å². The molecule has 3 heteroatoms. The van der Waals surface area contributed by atoms with E-state index in [0.717, 1.165) is 0 Å². The van der Waals surface area contributed by atoms with Crippen LogP contribution in [0, 0.1) is 0 Å². The quantitative estimate of drug-likeness (QED) is 0.528. The maximum atomic E-state index is 9.37. The largest absolute Gasteiger partial charge is 0.481 e. The molecule has 0 spiro atoms. The van der Waals surface area contributed by atoms with Gasteiger partial charge in [0, 0.05) is 22.9 Å². The molecule has 40 valence electrons. The number of carboxylic acid groups (broad SMARTS) is 1. The van der Waals surface area contributed by atoms with Gasteiger partial charge in [0.25, 0.3) is 0 Å². The molecular formula is C3H6NiO2. The Morgan fingerprint density at radius 1 is 1.83 bits per heavy atom. The van der Waals surface area contributed by atoms with Crippen LogP contribution in [0.2, 0.25) is 0 Å². The average Bonchev–Trinajstić information content (AvgIpc) is 1.38. The summed E-state index contributed by atoms with van der Waals surface area (Å²) in [4.78, 5) is 9.37. The molecule has 0 aromatic carbocycles. The zero-order chi connectivity index (χ0) is 4.28. The van der Waals surface area contributed by atoms with Crippen molar-refractivity contribution in [3.63, 3.8) is 0 Å². The van der Waals surface area contributed by atoms with Gasteiger partial charge in [-0.3, -0.25) is 4.79 Å². The third-order valence-corrected chi connectivity index (χ3v) is 0.302. The number of hydrogen-bond acceptors (Lipinski definition) is 1. The number of carbonyl (C=O) groups is 1. The molecule has 0 aliphatic carbocycles. The van der Waals surface area contributed by atoms with E-state index < -0.39 is 5.97 Å². The molecule has 2 nitrogen and oxygen atoms in total. The fourth-order valence-electron chi connectivity index (χ4n) is 0. The fourth-order valence-corrected chi connectivity index (χ4v) is 0. The monoisotopic (exact) mass is 132 g/mol. The summed E-state index contributed by atoms with van der Waals surface area (Å²) in [6, 6.07) is 0. The van der Waals surface area contributed by atoms with Gasteiger partial charge in [0.1, 0.15) is 0 Å².